The Hall–Kier alpha value is -1.76. The first-order valence-electron chi connectivity index (χ1n) is 6.84. The third-order valence-electron chi connectivity index (χ3n) is 3.91. The van der Waals surface area contributed by atoms with Crippen LogP contribution in [-0.4, -0.2) is 43.7 Å². The summed E-state index contributed by atoms with van der Waals surface area (Å²) < 4.78 is 1.75. The molecule has 7 heteroatoms. The van der Waals surface area contributed by atoms with Crippen molar-refractivity contribution in [2.24, 2.45) is 5.73 Å². The predicted octanol–water partition coefficient (Wildman–Crippen LogP) is 0.615. The maximum atomic E-state index is 5.98. The Morgan fingerprint density at radius 1 is 1.32 bits per heavy atom. The molecule has 2 aromatic heterocycles. The number of aromatic nitrogens is 5. The van der Waals surface area contributed by atoms with Crippen LogP contribution in [0.1, 0.15) is 32.6 Å². The summed E-state index contributed by atoms with van der Waals surface area (Å²) in [6.07, 6.45) is 7.91. The lowest BCUT2D eigenvalue weighted by Gasteiger charge is -2.36. The molecular weight excluding hydrogens is 242 g/mol. The van der Waals surface area contributed by atoms with Gasteiger partial charge in [0.2, 0.25) is 0 Å². The number of tetrazole rings is 1. The van der Waals surface area contributed by atoms with Gasteiger partial charge in [-0.05, 0) is 43.0 Å². The fourth-order valence-electron chi connectivity index (χ4n) is 2.88. The highest BCUT2D eigenvalue weighted by Crippen LogP contribution is 2.26. The molecule has 2 aromatic rings. The van der Waals surface area contributed by atoms with Crippen LogP contribution in [0, 0.1) is 0 Å². The van der Waals surface area contributed by atoms with Crippen LogP contribution in [0.2, 0.25) is 0 Å². The van der Waals surface area contributed by atoms with E-state index >= 15 is 0 Å². The molecule has 0 radical (unpaired) electrons. The van der Waals surface area contributed by atoms with Crippen molar-refractivity contribution < 1.29 is 0 Å². The van der Waals surface area contributed by atoms with Gasteiger partial charge in [-0.15, -0.1) is 5.10 Å². The molecule has 0 aliphatic heterocycles. The van der Waals surface area contributed by atoms with E-state index in [4.69, 9.17) is 5.73 Å². The Morgan fingerprint density at radius 3 is 2.84 bits per heavy atom. The number of hydrogen-bond donors (Lipinski definition) is 1. The average Bonchev–Trinajstić information content (AvgIpc) is 2.91. The lowest BCUT2D eigenvalue weighted by molar-refractivity contribution is 0.375. The van der Waals surface area contributed by atoms with Gasteiger partial charge in [-0.25, -0.2) is 0 Å². The summed E-state index contributed by atoms with van der Waals surface area (Å²) in [6.45, 7) is 3.07. The number of hydrogen-bond acceptors (Lipinski definition) is 6. The van der Waals surface area contributed by atoms with Crippen LogP contribution in [0.3, 0.4) is 0 Å². The minimum Gasteiger partial charge on any atom is -0.352 e. The monoisotopic (exact) mass is 261 g/mol. The number of rotatable bonds is 3. The van der Waals surface area contributed by atoms with E-state index in [0.29, 0.717) is 17.7 Å². The zero-order valence-corrected chi connectivity index (χ0v) is 11.1. The quantitative estimate of drug-likeness (QED) is 0.871. The van der Waals surface area contributed by atoms with Gasteiger partial charge in [0.1, 0.15) is 0 Å². The molecule has 102 valence electrons. The Bertz CT molecular complexity index is 544. The molecule has 0 unspecified atom stereocenters. The van der Waals surface area contributed by atoms with Crippen molar-refractivity contribution in [3.8, 4) is 0 Å². The van der Waals surface area contributed by atoms with Crippen LogP contribution >= 0.6 is 0 Å². The van der Waals surface area contributed by atoms with E-state index in [0.717, 1.165) is 38.0 Å². The molecule has 2 N–H and O–H groups in total. The second kappa shape index (κ2) is 5.08. The van der Waals surface area contributed by atoms with E-state index in [9.17, 15) is 0 Å². The van der Waals surface area contributed by atoms with Gasteiger partial charge in [-0.1, -0.05) is 0 Å². The summed E-state index contributed by atoms with van der Waals surface area (Å²) in [5.74, 6) is 0.963. The molecule has 0 aromatic carbocycles. The van der Waals surface area contributed by atoms with Crippen molar-refractivity contribution in [2.45, 2.75) is 44.7 Å². The maximum Gasteiger partial charge on any atom is 0.199 e. The summed E-state index contributed by atoms with van der Waals surface area (Å²) >= 11 is 0. The van der Waals surface area contributed by atoms with Crippen LogP contribution in [0.25, 0.3) is 5.65 Å². The first kappa shape index (κ1) is 12.3. The Labute approximate surface area is 111 Å². The molecule has 1 aliphatic rings. The van der Waals surface area contributed by atoms with Crippen LogP contribution in [0.15, 0.2) is 12.4 Å². The molecule has 0 spiro atoms. The van der Waals surface area contributed by atoms with Crippen LogP contribution in [-0.2, 0) is 0 Å². The van der Waals surface area contributed by atoms with Crippen LogP contribution < -0.4 is 10.6 Å². The second-order valence-corrected chi connectivity index (χ2v) is 5.07. The molecule has 3 rings (SSSR count). The minimum atomic E-state index is 0.358. The fourth-order valence-corrected chi connectivity index (χ4v) is 2.88. The number of nitrogens with zero attached hydrogens (tertiary/aromatic N) is 6. The summed E-state index contributed by atoms with van der Waals surface area (Å²) in [7, 11) is 0. The van der Waals surface area contributed by atoms with Gasteiger partial charge >= 0.3 is 0 Å². The van der Waals surface area contributed by atoms with Crippen molar-refractivity contribution in [1.82, 2.24) is 25.0 Å². The summed E-state index contributed by atoms with van der Waals surface area (Å²) in [5.41, 5.74) is 6.67. The van der Waals surface area contributed by atoms with E-state index < -0.39 is 0 Å². The van der Waals surface area contributed by atoms with Gasteiger partial charge in [-0.2, -0.15) is 4.52 Å². The zero-order valence-electron chi connectivity index (χ0n) is 11.1. The predicted molar refractivity (Wildman–Crippen MR) is 71.8 cm³/mol. The Morgan fingerprint density at radius 2 is 2.11 bits per heavy atom. The zero-order chi connectivity index (χ0) is 13.2. The van der Waals surface area contributed by atoms with E-state index in [1.54, 1.807) is 10.7 Å². The first-order valence-corrected chi connectivity index (χ1v) is 6.84. The van der Waals surface area contributed by atoms with Gasteiger partial charge in [-0.3, -0.25) is 4.98 Å². The molecule has 0 atom stereocenters. The third kappa shape index (κ3) is 2.25. The maximum absolute atomic E-state index is 5.98. The molecule has 1 fully saturated rings. The molecule has 0 saturated heterocycles. The highest BCUT2D eigenvalue weighted by molar-refractivity contribution is 5.46. The number of nitrogens with two attached hydrogens (primary N) is 1. The second-order valence-electron chi connectivity index (χ2n) is 5.07. The van der Waals surface area contributed by atoms with Gasteiger partial charge in [0, 0.05) is 18.6 Å². The van der Waals surface area contributed by atoms with E-state index in [1.165, 1.54) is 0 Å². The summed E-state index contributed by atoms with van der Waals surface area (Å²) in [4.78, 5) is 6.57. The lowest BCUT2D eigenvalue weighted by Crippen LogP contribution is -2.41. The van der Waals surface area contributed by atoms with Crippen molar-refractivity contribution in [1.29, 1.82) is 0 Å². The average molecular weight is 261 g/mol. The first-order chi connectivity index (χ1) is 9.29. The summed E-state index contributed by atoms with van der Waals surface area (Å²) in [6, 6.07) is 0.860. The largest absolute Gasteiger partial charge is 0.352 e. The topological polar surface area (TPSA) is 85.2 Å². The number of anilines is 1. The van der Waals surface area contributed by atoms with Crippen molar-refractivity contribution in [3.63, 3.8) is 0 Å². The lowest BCUT2D eigenvalue weighted by atomic mass is 9.91. The molecule has 2 heterocycles. The van der Waals surface area contributed by atoms with Crippen LogP contribution in [0.5, 0.6) is 0 Å². The normalized spacial score (nSPS) is 23.7. The molecule has 0 amide bonds. The third-order valence-corrected chi connectivity index (χ3v) is 3.91. The van der Waals surface area contributed by atoms with Gasteiger partial charge in [0.25, 0.3) is 0 Å². The van der Waals surface area contributed by atoms with E-state index in [-0.39, 0.29) is 0 Å². The fraction of sp³-hybridized carbons (Fsp3) is 0.667. The van der Waals surface area contributed by atoms with Crippen molar-refractivity contribution in [2.75, 3.05) is 11.4 Å². The number of fused-ring (bicyclic) bond motifs is 1. The summed E-state index contributed by atoms with van der Waals surface area (Å²) in [5, 5.41) is 11.7. The molecular formula is C12H19N7. The van der Waals surface area contributed by atoms with E-state index in [2.05, 4.69) is 32.3 Å². The van der Waals surface area contributed by atoms with Gasteiger partial charge in [0.15, 0.2) is 11.5 Å². The molecule has 19 heavy (non-hydrogen) atoms. The molecule has 0 bridgehead atoms. The standard InChI is InChI=1S/C12H19N7/c1-2-18(10-5-3-9(13)4-6-10)12-8-14-7-11-15-16-17-19(11)12/h7-10H,2-6,13H2,1H3. The minimum absolute atomic E-state index is 0.358. The molecule has 7 nitrogen and oxygen atoms in total. The smallest absolute Gasteiger partial charge is 0.199 e. The Kier molecular flexibility index (Phi) is 3.29. The molecule has 1 aliphatic carbocycles. The van der Waals surface area contributed by atoms with Crippen molar-refractivity contribution >= 4 is 11.5 Å². The van der Waals surface area contributed by atoms with Gasteiger partial charge in [0.05, 0.1) is 12.4 Å². The highest BCUT2D eigenvalue weighted by atomic mass is 15.5. The van der Waals surface area contributed by atoms with Crippen LogP contribution in [0.4, 0.5) is 5.82 Å². The van der Waals surface area contributed by atoms with E-state index in [1.807, 2.05) is 6.20 Å². The van der Waals surface area contributed by atoms with Crippen molar-refractivity contribution in [3.05, 3.63) is 12.4 Å². The van der Waals surface area contributed by atoms with Gasteiger partial charge < -0.3 is 10.6 Å². The SMILES string of the molecule is CCN(c1cncc2nnnn12)C1CCC(N)CC1. The molecule has 1 saturated carbocycles. The Balaban J connectivity index is 1.91. The highest BCUT2D eigenvalue weighted by Gasteiger charge is 2.25.